The summed E-state index contributed by atoms with van der Waals surface area (Å²) in [6, 6.07) is 5.48. The number of nitrogens with zero attached hydrogens (tertiary/aromatic N) is 1. The third-order valence-corrected chi connectivity index (χ3v) is 4.77. The molecule has 1 fully saturated rings. The molecule has 2 unspecified atom stereocenters. The number of carboxylic acid groups (broad SMARTS) is 1. The number of thiazole rings is 1. The first-order valence-electron chi connectivity index (χ1n) is 6.28. The first-order chi connectivity index (χ1) is 9.41. The van der Waals surface area contributed by atoms with Gasteiger partial charge in [0.25, 0.3) is 0 Å². The minimum Gasteiger partial charge on any atom is -0.481 e. The van der Waals surface area contributed by atoms with E-state index in [0.717, 1.165) is 10.2 Å². The van der Waals surface area contributed by atoms with Crippen molar-refractivity contribution in [1.82, 2.24) is 4.98 Å². The van der Waals surface area contributed by atoms with Gasteiger partial charge in [-0.2, -0.15) is 0 Å². The van der Waals surface area contributed by atoms with E-state index in [1.807, 2.05) is 26.0 Å². The van der Waals surface area contributed by atoms with Gasteiger partial charge < -0.3 is 10.4 Å². The Labute approximate surface area is 119 Å². The summed E-state index contributed by atoms with van der Waals surface area (Å²) >= 11 is 1.50. The normalized spacial score (nSPS) is 23.5. The number of aliphatic carboxylic acids is 1. The Morgan fingerprint density at radius 3 is 2.75 bits per heavy atom. The van der Waals surface area contributed by atoms with Crippen molar-refractivity contribution >= 4 is 39.1 Å². The number of nitrogens with one attached hydrogen (secondary N) is 1. The maximum absolute atomic E-state index is 12.2. The van der Waals surface area contributed by atoms with Gasteiger partial charge in [-0.3, -0.25) is 9.59 Å². The fourth-order valence-corrected chi connectivity index (χ4v) is 3.46. The zero-order valence-corrected chi connectivity index (χ0v) is 11.9. The highest BCUT2D eigenvalue weighted by Gasteiger charge is 2.65. The molecule has 0 bridgehead atoms. The van der Waals surface area contributed by atoms with Gasteiger partial charge in [-0.25, -0.2) is 4.98 Å². The third kappa shape index (κ3) is 1.96. The molecule has 1 aliphatic carbocycles. The number of carboxylic acids is 1. The average molecular weight is 290 g/mol. The molecule has 6 heteroatoms. The van der Waals surface area contributed by atoms with Crippen LogP contribution >= 0.6 is 11.3 Å². The smallest absolute Gasteiger partial charge is 0.307 e. The molecule has 104 valence electrons. The van der Waals surface area contributed by atoms with Crippen LogP contribution in [-0.2, 0) is 9.59 Å². The quantitative estimate of drug-likeness (QED) is 0.910. The van der Waals surface area contributed by atoms with Crippen LogP contribution in [0.2, 0.25) is 0 Å². The van der Waals surface area contributed by atoms with Gasteiger partial charge in [0.1, 0.15) is 0 Å². The number of carbonyl (C=O) groups is 2. The van der Waals surface area contributed by atoms with Crippen LogP contribution in [0.1, 0.15) is 13.8 Å². The summed E-state index contributed by atoms with van der Waals surface area (Å²) in [5.74, 6) is -2.22. The SMILES string of the molecule is CC1(C)C(C(=O)O)C1C(=O)Nc1ccc2ncsc2c1. The summed E-state index contributed by atoms with van der Waals surface area (Å²) in [5, 5.41) is 11.9. The summed E-state index contributed by atoms with van der Waals surface area (Å²) in [6.45, 7) is 3.62. The minimum absolute atomic E-state index is 0.230. The molecule has 1 saturated carbocycles. The monoisotopic (exact) mass is 290 g/mol. The van der Waals surface area contributed by atoms with Crippen LogP contribution in [0.4, 0.5) is 5.69 Å². The van der Waals surface area contributed by atoms with Gasteiger partial charge in [0.2, 0.25) is 5.91 Å². The Balaban J connectivity index is 1.78. The van der Waals surface area contributed by atoms with E-state index in [4.69, 9.17) is 5.11 Å². The summed E-state index contributed by atoms with van der Waals surface area (Å²) in [7, 11) is 0. The van der Waals surface area contributed by atoms with Gasteiger partial charge in [-0.1, -0.05) is 13.8 Å². The zero-order valence-electron chi connectivity index (χ0n) is 11.1. The fourth-order valence-electron chi connectivity index (χ4n) is 2.74. The van der Waals surface area contributed by atoms with Crippen molar-refractivity contribution in [1.29, 1.82) is 0 Å². The van der Waals surface area contributed by atoms with Crippen molar-refractivity contribution in [2.45, 2.75) is 13.8 Å². The van der Waals surface area contributed by atoms with Crippen LogP contribution < -0.4 is 5.32 Å². The molecule has 1 amide bonds. The van der Waals surface area contributed by atoms with E-state index >= 15 is 0 Å². The predicted molar refractivity (Wildman–Crippen MR) is 76.6 cm³/mol. The average Bonchev–Trinajstić information content (AvgIpc) is 2.73. The molecular weight excluding hydrogens is 276 g/mol. The number of fused-ring (bicyclic) bond motifs is 1. The van der Waals surface area contributed by atoms with Crippen molar-refractivity contribution < 1.29 is 14.7 Å². The number of hydrogen-bond donors (Lipinski definition) is 2. The number of carbonyl (C=O) groups excluding carboxylic acids is 1. The Morgan fingerprint density at radius 1 is 1.35 bits per heavy atom. The van der Waals surface area contributed by atoms with E-state index < -0.39 is 23.2 Å². The number of aromatic nitrogens is 1. The van der Waals surface area contributed by atoms with E-state index in [1.54, 1.807) is 11.6 Å². The summed E-state index contributed by atoms with van der Waals surface area (Å²) in [4.78, 5) is 27.5. The van der Waals surface area contributed by atoms with E-state index in [9.17, 15) is 9.59 Å². The molecule has 1 heterocycles. The van der Waals surface area contributed by atoms with Crippen LogP contribution in [0.5, 0.6) is 0 Å². The molecule has 2 aromatic rings. The van der Waals surface area contributed by atoms with Crippen LogP contribution in [-0.4, -0.2) is 22.0 Å². The minimum atomic E-state index is -0.909. The van der Waals surface area contributed by atoms with E-state index in [1.165, 1.54) is 11.3 Å². The Morgan fingerprint density at radius 2 is 2.10 bits per heavy atom. The van der Waals surface area contributed by atoms with Gasteiger partial charge in [0, 0.05) is 5.69 Å². The molecule has 2 N–H and O–H groups in total. The van der Waals surface area contributed by atoms with Gasteiger partial charge in [0.15, 0.2) is 0 Å². The van der Waals surface area contributed by atoms with Gasteiger partial charge >= 0.3 is 5.97 Å². The molecule has 0 saturated heterocycles. The Hall–Kier alpha value is -1.95. The number of amides is 1. The molecule has 1 aliphatic rings. The highest BCUT2D eigenvalue weighted by atomic mass is 32.1. The van der Waals surface area contributed by atoms with Gasteiger partial charge in [-0.05, 0) is 23.6 Å². The van der Waals surface area contributed by atoms with Crippen molar-refractivity contribution in [3.05, 3.63) is 23.7 Å². The molecule has 1 aromatic heterocycles. The maximum atomic E-state index is 12.2. The number of benzene rings is 1. The molecule has 1 aromatic carbocycles. The topological polar surface area (TPSA) is 79.3 Å². The van der Waals surface area contributed by atoms with Crippen LogP contribution in [0.25, 0.3) is 10.2 Å². The van der Waals surface area contributed by atoms with Crippen LogP contribution in [0.15, 0.2) is 23.7 Å². The molecule has 20 heavy (non-hydrogen) atoms. The summed E-state index contributed by atoms with van der Waals surface area (Å²) in [5.41, 5.74) is 2.84. The van der Waals surface area contributed by atoms with Gasteiger partial charge in [0.05, 0.1) is 27.6 Å². The number of anilines is 1. The van der Waals surface area contributed by atoms with Crippen molar-refractivity contribution in [3.63, 3.8) is 0 Å². The third-order valence-electron chi connectivity index (χ3n) is 3.97. The van der Waals surface area contributed by atoms with Crippen molar-refractivity contribution in [3.8, 4) is 0 Å². The molecule has 5 nitrogen and oxygen atoms in total. The van der Waals surface area contributed by atoms with Crippen molar-refractivity contribution in [2.24, 2.45) is 17.3 Å². The molecule has 0 aliphatic heterocycles. The van der Waals surface area contributed by atoms with E-state index in [2.05, 4.69) is 10.3 Å². The summed E-state index contributed by atoms with van der Waals surface area (Å²) in [6.07, 6.45) is 0. The van der Waals surface area contributed by atoms with E-state index in [-0.39, 0.29) is 5.91 Å². The molecule has 3 rings (SSSR count). The lowest BCUT2D eigenvalue weighted by molar-refractivity contribution is -0.140. The maximum Gasteiger partial charge on any atom is 0.307 e. The Kier molecular flexibility index (Phi) is 2.79. The van der Waals surface area contributed by atoms with Crippen LogP contribution in [0, 0.1) is 17.3 Å². The van der Waals surface area contributed by atoms with Crippen LogP contribution in [0.3, 0.4) is 0 Å². The predicted octanol–water partition coefficient (Wildman–Crippen LogP) is 2.59. The Bertz CT molecular complexity index is 707. The second-order valence-corrected chi connectivity index (χ2v) is 6.53. The standard InChI is InChI=1S/C14H14N2O3S/c1-14(2)10(11(14)13(18)19)12(17)16-7-3-4-8-9(5-7)20-6-15-8/h3-6,10-11H,1-2H3,(H,16,17)(H,18,19). The highest BCUT2D eigenvalue weighted by molar-refractivity contribution is 7.16. The second-order valence-electron chi connectivity index (χ2n) is 5.64. The lowest BCUT2D eigenvalue weighted by Crippen LogP contribution is -2.17. The lowest BCUT2D eigenvalue weighted by atomic mass is 10.1. The molecule has 0 radical (unpaired) electrons. The highest BCUT2D eigenvalue weighted by Crippen LogP contribution is 2.58. The largest absolute Gasteiger partial charge is 0.481 e. The van der Waals surface area contributed by atoms with Gasteiger partial charge in [-0.15, -0.1) is 11.3 Å². The first kappa shape index (κ1) is 13.1. The lowest BCUT2D eigenvalue weighted by Gasteiger charge is -2.06. The zero-order chi connectivity index (χ0) is 14.5. The van der Waals surface area contributed by atoms with Crippen molar-refractivity contribution in [2.75, 3.05) is 5.32 Å². The molecule has 0 spiro atoms. The second kappa shape index (κ2) is 4.28. The molecule has 2 atom stereocenters. The number of hydrogen-bond acceptors (Lipinski definition) is 4. The molecular formula is C14H14N2O3S. The fraction of sp³-hybridized carbons (Fsp3) is 0.357. The van der Waals surface area contributed by atoms with E-state index in [0.29, 0.717) is 5.69 Å². The first-order valence-corrected chi connectivity index (χ1v) is 7.16. The summed E-state index contributed by atoms with van der Waals surface area (Å²) < 4.78 is 0.993. The number of rotatable bonds is 3.